The Morgan fingerprint density at radius 3 is 2.18 bits per heavy atom. The summed E-state index contributed by atoms with van der Waals surface area (Å²) in [5.41, 5.74) is 1.98. The fourth-order valence-electron chi connectivity index (χ4n) is 2.55. The fourth-order valence-corrected chi connectivity index (χ4v) is 2.83. The Morgan fingerprint density at radius 2 is 1.73 bits per heavy atom. The number of rotatable bonds is 6. The molecule has 7 heteroatoms. The quantitative estimate of drug-likeness (QED) is 0.399. The number of benzene rings is 1. The van der Waals surface area contributed by atoms with Gasteiger partial charge in [-0.1, -0.05) is 39.0 Å². The van der Waals surface area contributed by atoms with Gasteiger partial charge in [0.15, 0.2) is 0 Å². The van der Waals surface area contributed by atoms with E-state index in [1.807, 2.05) is 32.0 Å². The van der Waals surface area contributed by atoms with Crippen LogP contribution in [0.15, 0.2) is 18.2 Å². The SMILES string of the molecule is CC(C)c1cccc([C@@H](C)C2CC2)c1OCP(=O)([O-])[O-].[Na+].[Na+]. The van der Waals surface area contributed by atoms with Crippen molar-refractivity contribution in [2.45, 2.75) is 45.4 Å². The summed E-state index contributed by atoms with van der Waals surface area (Å²) in [6.45, 7) is 6.20. The summed E-state index contributed by atoms with van der Waals surface area (Å²) >= 11 is 0. The van der Waals surface area contributed by atoms with E-state index in [9.17, 15) is 14.4 Å². The predicted octanol–water partition coefficient (Wildman–Crippen LogP) is -3.42. The van der Waals surface area contributed by atoms with Crippen molar-refractivity contribution in [2.75, 3.05) is 6.35 Å². The molecule has 0 bridgehead atoms. The molecule has 1 aromatic carbocycles. The summed E-state index contributed by atoms with van der Waals surface area (Å²) in [5, 5.41) is 0. The molecule has 0 aliphatic heterocycles. The summed E-state index contributed by atoms with van der Waals surface area (Å²) in [6.07, 6.45) is 1.63. The van der Waals surface area contributed by atoms with Gasteiger partial charge in [-0.25, -0.2) is 0 Å². The van der Waals surface area contributed by atoms with E-state index in [2.05, 4.69) is 6.92 Å². The van der Waals surface area contributed by atoms with E-state index >= 15 is 0 Å². The Kier molecular flexibility index (Phi) is 10.1. The second kappa shape index (κ2) is 9.60. The van der Waals surface area contributed by atoms with Gasteiger partial charge in [0, 0.05) is 0 Å². The number of para-hydroxylation sites is 1. The van der Waals surface area contributed by atoms with Gasteiger partial charge in [-0.05, 0) is 49.3 Å². The van der Waals surface area contributed by atoms with Gasteiger partial charge in [0.25, 0.3) is 0 Å². The van der Waals surface area contributed by atoms with Crippen LogP contribution in [-0.2, 0) is 4.57 Å². The van der Waals surface area contributed by atoms with E-state index in [1.165, 1.54) is 12.8 Å². The molecule has 2 rings (SSSR count). The van der Waals surface area contributed by atoms with E-state index in [1.54, 1.807) is 0 Å². The van der Waals surface area contributed by atoms with Gasteiger partial charge in [0.2, 0.25) is 0 Å². The Bertz CT molecular complexity index is 526. The molecule has 0 heterocycles. The zero-order valence-electron chi connectivity index (χ0n) is 14.2. The van der Waals surface area contributed by atoms with Crippen molar-refractivity contribution in [1.82, 2.24) is 0 Å². The molecule has 22 heavy (non-hydrogen) atoms. The van der Waals surface area contributed by atoms with Crippen molar-refractivity contribution in [1.29, 1.82) is 0 Å². The Hall–Kier alpha value is 1.17. The maximum atomic E-state index is 10.9. The van der Waals surface area contributed by atoms with Crippen molar-refractivity contribution in [3.8, 4) is 5.75 Å². The molecule has 0 amide bonds. The minimum Gasteiger partial charge on any atom is -0.808 e. The van der Waals surface area contributed by atoms with Gasteiger partial charge in [0.05, 0.1) is 0 Å². The molecular weight excluding hydrogens is 321 g/mol. The van der Waals surface area contributed by atoms with Crippen LogP contribution in [0.3, 0.4) is 0 Å². The maximum absolute atomic E-state index is 10.9. The van der Waals surface area contributed by atoms with Crippen molar-refractivity contribution in [3.63, 3.8) is 0 Å². The second-order valence-corrected chi connectivity index (χ2v) is 7.41. The monoisotopic (exact) mass is 342 g/mol. The molecular formula is C15H21Na2O4P. The topological polar surface area (TPSA) is 72.4 Å². The predicted molar refractivity (Wildman–Crippen MR) is 74.8 cm³/mol. The van der Waals surface area contributed by atoms with Gasteiger partial charge < -0.3 is 19.1 Å². The Labute approximate surface area is 177 Å². The van der Waals surface area contributed by atoms with Gasteiger partial charge in [-0.2, -0.15) is 0 Å². The molecule has 1 atom stereocenters. The van der Waals surface area contributed by atoms with Crippen LogP contribution in [0.5, 0.6) is 5.75 Å². The average molecular weight is 342 g/mol. The third-order valence-electron chi connectivity index (χ3n) is 3.88. The van der Waals surface area contributed by atoms with Crippen LogP contribution in [0.1, 0.15) is 56.6 Å². The second-order valence-electron chi connectivity index (χ2n) is 5.93. The molecule has 0 aromatic heterocycles. The molecule has 1 aromatic rings. The molecule has 0 spiro atoms. The van der Waals surface area contributed by atoms with Crippen molar-refractivity contribution in [2.24, 2.45) is 5.92 Å². The minimum absolute atomic E-state index is 0. The van der Waals surface area contributed by atoms with E-state index in [0.29, 0.717) is 17.6 Å². The van der Waals surface area contributed by atoms with E-state index in [4.69, 9.17) is 4.74 Å². The van der Waals surface area contributed by atoms with Crippen LogP contribution in [0.25, 0.3) is 0 Å². The van der Waals surface area contributed by atoms with Crippen LogP contribution < -0.4 is 73.6 Å². The zero-order chi connectivity index (χ0) is 14.9. The Morgan fingerprint density at radius 1 is 1.18 bits per heavy atom. The van der Waals surface area contributed by atoms with Crippen LogP contribution in [0.2, 0.25) is 0 Å². The third-order valence-corrected chi connectivity index (χ3v) is 4.33. The molecule has 1 aliphatic carbocycles. The van der Waals surface area contributed by atoms with Gasteiger partial charge in [-0.3, -0.25) is 0 Å². The summed E-state index contributed by atoms with van der Waals surface area (Å²) in [4.78, 5) is 21.7. The summed E-state index contributed by atoms with van der Waals surface area (Å²) in [6, 6.07) is 5.89. The smallest absolute Gasteiger partial charge is 0.808 e. The van der Waals surface area contributed by atoms with Crippen LogP contribution in [-0.4, -0.2) is 6.35 Å². The normalized spacial score (nSPS) is 15.7. The maximum Gasteiger partial charge on any atom is 1.00 e. The number of hydrogen-bond donors (Lipinski definition) is 0. The van der Waals surface area contributed by atoms with E-state index in [0.717, 1.165) is 11.1 Å². The molecule has 0 unspecified atom stereocenters. The first-order valence-electron chi connectivity index (χ1n) is 7.06. The summed E-state index contributed by atoms with van der Waals surface area (Å²) < 4.78 is 16.3. The number of hydrogen-bond acceptors (Lipinski definition) is 4. The molecule has 1 saturated carbocycles. The van der Waals surface area contributed by atoms with Crippen molar-refractivity contribution in [3.05, 3.63) is 29.3 Å². The average Bonchev–Trinajstić information content (AvgIpc) is 3.18. The fraction of sp³-hybridized carbons (Fsp3) is 0.600. The molecule has 4 nitrogen and oxygen atoms in total. The van der Waals surface area contributed by atoms with Crippen LogP contribution in [0.4, 0.5) is 0 Å². The molecule has 112 valence electrons. The van der Waals surface area contributed by atoms with E-state index < -0.39 is 13.9 Å². The minimum atomic E-state index is -4.66. The first kappa shape index (κ1) is 23.2. The van der Waals surface area contributed by atoms with Crippen molar-refractivity contribution >= 4 is 7.60 Å². The van der Waals surface area contributed by atoms with Gasteiger partial charge in [0.1, 0.15) is 12.1 Å². The first-order chi connectivity index (χ1) is 9.29. The van der Waals surface area contributed by atoms with Crippen LogP contribution >= 0.6 is 7.60 Å². The molecule has 0 N–H and O–H groups in total. The molecule has 1 aliphatic rings. The summed E-state index contributed by atoms with van der Waals surface area (Å²) in [5.74, 6) is 1.79. The molecule has 0 radical (unpaired) electrons. The third kappa shape index (κ3) is 6.58. The number of ether oxygens (including phenoxy) is 1. The van der Waals surface area contributed by atoms with Crippen LogP contribution in [0, 0.1) is 5.92 Å². The molecule has 0 saturated heterocycles. The standard InChI is InChI=1S/C15H23O4P.2Na/c1-10(2)13-5-4-6-14(11(3)12-7-8-12)15(13)19-9-20(16,17)18;;/h4-6,10-12H,7-9H2,1-3H3,(H2,16,17,18);;/q;2*+1/p-2/t11-;;/m0../s1. The van der Waals surface area contributed by atoms with Gasteiger partial charge >= 0.3 is 59.1 Å². The first-order valence-corrected chi connectivity index (χ1v) is 8.79. The van der Waals surface area contributed by atoms with E-state index in [-0.39, 0.29) is 65.0 Å². The molecule has 1 fully saturated rings. The van der Waals surface area contributed by atoms with Crippen molar-refractivity contribution < 1.29 is 78.2 Å². The zero-order valence-corrected chi connectivity index (χ0v) is 19.1. The Balaban J connectivity index is 0.00000220. The largest absolute Gasteiger partial charge is 1.00 e. The van der Waals surface area contributed by atoms with Gasteiger partial charge in [-0.15, -0.1) is 0 Å². The summed E-state index contributed by atoms with van der Waals surface area (Å²) in [7, 11) is -4.66.